The van der Waals surface area contributed by atoms with E-state index in [0.29, 0.717) is 5.75 Å². The van der Waals surface area contributed by atoms with Crippen LogP contribution in [0.2, 0.25) is 0 Å². The number of aryl methyl sites for hydroxylation is 1. The minimum Gasteiger partial charge on any atom is -0.507 e. The third kappa shape index (κ3) is 3.98. The predicted molar refractivity (Wildman–Crippen MR) is 117 cm³/mol. The van der Waals surface area contributed by atoms with Crippen molar-refractivity contribution in [3.8, 4) is 5.75 Å². The van der Waals surface area contributed by atoms with Gasteiger partial charge in [0.15, 0.2) is 6.17 Å². The van der Waals surface area contributed by atoms with E-state index in [1.54, 1.807) is 6.07 Å². The number of para-hydroxylation sites is 1. The van der Waals surface area contributed by atoms with Gasteiger partial charge in [-0.15, -0.1) is 0 Å². The Morgan fingerprint density at radius 1 is 0.964 bits per heavy atom. The average Bonchev–Trinajstić information content (AvgIpc) is 2.74. The molecule has 0 saturated heterocycles. The van der Waals surface area contributed by atoms with Crippen molar-refractivity contribution in [2.45, 2.75) is 25.6 Å². The summed E-state index contributed by atoms with van der Waals surface area (Å²) in [6.45, 7) is 2.17. The first-order chi connectivity index (χ1) is 13.6. The summed E-state index contributed by atoms with van der Waals surface area (Å²) in [4.78, 5) is 0. The highest BCUT2D eigenvalue weighted by molar-refractivity contribution is 9.10. The lowest BCUT2D eigenvalue weighted by Gasteiger charge is -2.30. The normalized spacial score (nSPS) is 19.0. The number of nitrogens with two attached hydrogens (primary N) is 1. The maximum Gasteiger partial charge on any atom is 0.186 e. The number of halogens is 1. The molecule has 142 valence electrons. The predicted octanol–water partition coefficient (Wildman–Crippen LogP) is 4.66. The maximum absolute atomic E-state index is 10.4. The molecule has 3 aromatic rings. The highest BCUT2D eigenvalue weighted by Crippen LogP contribution is 2.29. The minimum atomic E-state index is 0.0250. The van der Waals surface area contributed by atoms with Gasteiger partial charge in [-0.05, 0) is 53.9 Å². The van der Waals surface area contributed by atoms with Gasteiger partial charge < -0.3 is 15.7 Å². The second-order valence-electron chi connectivity index (χ2n) is 7.08. The Morgan fingerprint density at radius 2 is 1.68 bits per heavy atom. The van der Waals surface area contributed by atoms with Crippen LogP contribution < -0.4 is 10.6 Å². The van der Waals surface area contributed by atoms with Gasteiger partial charge >= 0.3 is 0 Å². The van der Waals surface area contributed by atoms with Crippen LogP contribution in [0, 0.1) is 0 Å². The van der Waals surface area contributed by atoms with Crippen LogP contribution in [0.15, 0.2) is 83.3 Å². The van der Waals surface area contributed by atoms with E-state index in [4.69, 9.17) is 0 Å². The molecule has 28 heavy (non-hydrogen) atoms. The molecule has 1 heterocycles. The second-order valence-corrected chi connectivity index (χ2v) is 8.00. The molecule has 0 aliphatic carbocycles. The molecule has 2 atom stereocenters. The summed E-state index contributed by atoms with van der Waals surface area (Å²) in [5.74, 6) is 0.331. The van der Waals surface area contributed by atoms with Crippen molar-refractivity contribution in [2.75, 3.05) is 0 Å². The molecule has 0 bridgehead atoms. The van der Waals surface area contributed by atoms with Gasteiger partial charge in [-0.1, -0.05) is 59.3 Å². The Kier molecular flexibility index (Phi) is 5.51. The molecule has 1 aliphatic rings. The quantitative estimate of drug-likeness (QED) is 0.557. The summed E-state index contributed by atoms with van der Waals surface area (Å²) in [6.07, 6.45) is 3.29. The minimum absolute atomic E-state index is 0.0250. The van der Waals surface area contributed by atoms with Crippen LogP contribution in [0.25, 0.3) is 5.70 Å². The average molecular weight is 436 g/mol. The van der Waals surface area contributed by atoms with Crippen molar-refractivity contribution < 1.29 is 10.4 Å². The van der Waals surface area contributed by atoms with Crippen LogP contribution in [-0.2, 0) is 6.42 Å². The third-order valence-electron chi connectivity index (χ3n) is 5.26. The van der Waals surface area contributed by atoms with Gasteiger partial charge in [0.05, 0.1) is 5.56 Å². The second kappa shape index (κ2) is 8.21. The van der Waals surface area contributed by atoms with Gasteiger partial charge in [-0.2, -0.15) is 0 Å². The van der Waals surface area contributed by atoms with Crippen molar-refractivity contribution in [1.29, 1.82) is 0 Å². The number of quaternary nitrogens is 1. The van der Waals surface area contributed by atoms with Crippen LogP contribution >= 0.6 is 15.9 Å². The Labute approximate surface area is 174 Å². The van der Waals surface area contributed by atoms with Crippen LogP contribution in [0.1, 0.15) is 41.4 Å². The van der Waals surface area contributed by atoms with Crippen LogP contribution in [-0.4, -0.2) is 5.11 Å². The summed E-state index contributed by atoms with van der Waals surface area (Å²) < 4.78 is 1.07. The van der Waals surface area contributed by atoms with E-state index >= 15 is 0 Å². The van der Waals surface area contributed by atoms with Gasteiger partial charge in [-0.3, -0.25) is 0 Å². The molecule has 0 spiro atoms. The number of phenols is 1. The fourth-order valence-electron chi connectivity index (χ4n) is 3.63. The lowest BCUT2D eigenvalue weighted by atomic mass is 9.97. The van der Waals surface area contributed by atoms with Crippen molar-refractivity contribution in [1.82, 2.24) is 5.32 Å². The Hall–Kier alpha value is -2.56. The van der Waals surface area contributed by atoms with E-state index in [1.807, 2.05) is 18.2 Å². The first-order valence-corrected chi connectivity index (χ1v) is 10.4. The van der Waals surface area contributed by atoms with Crippen LogP contribution in [0.4, 0.5) is 0 Å². The maximum atomic E-state index is 10.4. The summed E-state index contributed by atoms with van der Waals surface area (Å²) in [5, 5.41) is 16.3. The number of rotatable bonds is 4. The van der Waals surface area contributed by atoms with Crippen molar-refractivity contribution in [3.05, 3.63) is 106 Å². The molecule has 4 rings (SSSR count). The number of nitrogens with one attached hydrogen (secondary N) is 1. The Bertz CT molecular complexity index is 980. The number of hydrogen-bond donors (Lipinski definition) is 3. The highest BCUT2D eigenvalue weighted by atomic mass is 79.9. The third-order valence-corrected chi connectivity index (χ3v) is 5.78. The number of benzene rings is 3. The summed E-state index contributed by atoms with van der Waals surface area (Å²) in [7, 11) is 0. The van der Waals surface area contributed by atoms with Crippen molar-refractivity contribution in [3.63, 3.8) is 0 Å². The number of aromatic hydroxyl groups is 1. The molecule has 4 heteroatoms. The molecule has 0 fully saturated rings. The van der Waals surface area contributed by atoms with Crippen LogP contribution in [0.5, 0.6) is 5.75 Å². The molecular weight excluding hydrogens is 412 g/mol. The fraction of sp³-hybridized carbons (Fsp3) is 0.167. The zero-order chi connectivity index (χ0) is 19.5. The lowest BCUT2D eigenvalue weighted by molar-refractivity contribution is -0.731. The van der Waals surface area contributed by atoms with Crippen molar-refractivity contribution in [2.24, 2.45) is 0 Å². The van der Waals surface area contributed by atoms with Gasteiger partial charge in [0.25, 0.3) is 0 Å². The summed E-state index contributed by atoms with van der Waals surface area (Å²) >= 11 is 3.51. The molecule has 2 unspecified atom stereocenters. The molecule has 3 aromatic carbocycles. The van der Waals surface area contributed by atoms with E-state index in [2.05, 4.69) is 88.1 Å². The first kappa shape index (κ1) is 18.8. The molecule has 1 aliphatic heterocycles. The Balaban J connectivity index is 1.73. The number of phenolic OH excluding ortho intramolecular Hbond substituents is 1. The highest BCUT2D eigenvalue weighted by Gasteiger charge is 2.29. The zero-order valence-corrected chi connectivity index (χ0v) is 17.4. The molecule has 4 N–H and O–H groups in total. The zero-order valence-electron chi connectivity index (χ0n) is 15.8. The molecular formula is C24H24BrN2O+. The molecule has 0 aromatic heterocycles. The van der Waals surface area contributed by atoms with E-state index in [9.17, 15) is 5.11 Å². The van der Waals surface area contributed by atoms with Gasteiger partial charge in [0.1, 0.15) is 11.8 Å². The fourth-order valence-corrected chi connectivity index (χ4v) is 3.90. The van der Waals surface area contributed by atoms with E-state index in [-0.39, 0.29) is 12.2 Å². The molecule has 0 radical (unpaired) electrons. The van der Waals surface area contributed by atoms with Gasteiger partial charge in [0.2, 0.25) is 0 Å². The van der Waals surface area contributed by atoms with E-state index in [0.717, 1.165) is 27.7 Å². The smallest absolute Gasteiger partial charge is 0.186 e. The van der Waals surface area contributed by atoms with Gasteiger partial charge in [-0.25, -0.2) is 0 Å². The number of hydrogen-bond acceptors (Lipinski definition) is 2. The molecule has 3 nitrogen and oxygen atoms in total. The van der Waals surface area contributed by atoms with Crippen molar-refractivity contribution >= 4 is 21.6 Å². The largest absolute Gasteiger partial charge is 0.507 e. The Morgan fingerprint density at radius 3 is 2.36 bits per heavy atom. The van der Waals surface area contributed by atoms with E-state index < -0.39 is 0 Å². The summed E-state index contributed by atoms with van der Waals surface area (Å²) in [5.41, 5.74) is 5.70. The molecule has 0 amide bonds. The monoisotopic (exact) mass is 435 g/mol. The van der Waals surface area contributed by atoms with Crippen LogP contribution in [0.3, 0.4) is 0 Å². The first-order valence-electron chi connectivity index (χ1n) is 9.60. The SMILES string of the molecule is CCc1ccc(C2=CC(c3ccccc3O)[NH2+]C(c3ccc(Br)cc3)N2)cc1. The standard InChI is InChI=1S/C24H23BrN2O/c1-2-16-7-9-17(10-8-16)21-15-22(20-5-3-4-6-23(20)28)27-24(26-21)18-11-13-19(25)14-12-18/h3-15,22,24,26-28H,2H2,1H3/p+1. The summed E-state index contributed by atoms with van der Waals surface area (Å²) in [6, 6.07) is 24.7. The van der Waals surface area contributed by atoms with E-state index in [1.165, 1.54) is 11.1 Å². The molecule has 0 saturated carbocycles. The topological polar surface area (TPSA) is 48.9 Å². The van der Waals surface area contributed by atoms with Gasteiger partial charge in [0, 0.05) is 21.8 Å². The lowest BCUT2D eigenvalue weighted by Crippen LogP contribution is -2.89.